The number of nitrogens with one attached hydrogen (secondary N) is 1. The summed E-state index contributed by atoms with van der Waals surface area (Å²) < 4.78 is 10.8. The number of amides is 2. The molecule has 1 N–H and O–H groups in total. The van der Waals surface area contributed by atoms with E-state index in [1.165, 1.54) is 12.0 Å². The Morgan fingerprint density at radius 2 is 1.79 bits per heavy atom. The van der Waals surface area contributed by atoms with E-state index in [4.69, 9.17) is 32.7 Å². The first-order valence-corrected chi connectivity index (χ1v) is 13.2. The monoisotopic (exact) mass is 567 g/mol. The van der Waals surface area contributed by atoms with Crippen molar-refractivity contribution in [3.8, 4) is 17.6 Å². The number of ether oxygens (including phenoxy) is 2. The second-order valence-electron chi connectivity index (χ2n) is 8.14. The SMILES string of the molecule is CCOc1ccc(N2C(=O)C(Cc3cc(Cl)cc(Cl)c3)S/C2=C(/C#N)C(=O)Nc2ccccc2OC)cc1. The van der Waals surface area contributed by atoms with Crippen molar-refractivity contribution in [1.82, 2.24) is 0 Å². The standard InChI is InChI=1S/C28H23Cl2N3O4S/c1-3-37-21-10-8-20(9-11-21)33-27(35)25(14-17-12-18(29)15-19(30)13-17)38-28(33)22(16-31)26(34)32-23-6-4-5-7-24(23)36-2/h4-13,15,25H,3,14H2,1-2H3,(H,32,34)/b28-22-. The molecule has 0 radical (unpaired) electrons. The van der Waals surface area contributed by atoms with Crippen LogP contribution in [-0.2, 0) is 16.0 Å². The van der Waals surface area contributed by atoms with Crippen LogP contribution in [0.3, 0.4) is 0 Å². The van der Waals surface area contributed by atoms with E-state index >= 15 is 0 Å². The van der Waals surface area contributed by atoms with Crippen LogP contribution in [0.5, 0.6) is 11.5 Å². The summed E-state index contributed by atoms with van der Waals surface area (Å²) in [5.41, 5.74) is 1.47. The zero-order chi connectivity index (χ0) is 27.2. The van der Waals surface area contributed by atoms with Crippen molar-refractivity contribution < 1.29 is 19.1 Å². The normalized spacial score (nSPS) is 16.1. The molecule has 1 atom stereocenters. The number of hydrogen-bond acceptors (Lipinski definition) is 6. The van der Waals surface area contributed by atoms with E-state index in [0.717, 1.165) is 17.3 Å². The Labute approximate surface area is 234 Å². The highest BCUT2D eigenvalue weighted by Gasteiger charge is 2.41. The van der Waals surface area contributed by atoms with Gasteiger partial charge in [-0.1, -0.05) is 47.1 Å². The van der Waals surface area contributed by atoms with Crippen molar-refractivity contribution in [2.45, 2.75) is 18.6 Å². The molecule has 1 aliphatic rings. The molecule has 1 unspecified atom stereocenters. The number of nitriles is 1. The topological polar surface area (TPSA) is 91.7 Å². The van der Waals surface area contributed by atoms with Gasteiger partial charge in [-0.15, -0.1) is 0 Å². The van der Waals surface area contributed by atoms with Gasteiger partial charge in [-0.25, -0.2) is 0 Å². The van der Waals surface area contributed by atoms with Gasteiger partial charge in [0.1, 0.15) is 28.2 Å². The smallest absolute Gasteiger partial charge is 0.269 e. The quantitative estimate of drug-likeness (QED) is 0.248. The van der Waals surface area contributed by atoms with Gasteiger partial charge in [0.15, 0.2) is 0 Å². The van der Waals surface area contributed by atoms with Gasteiger partial charge in [-0.05, 0) is 73.5 Å². The second kappa shape index (κ2) is 12.3. The van der Waals surface area contributed by atoms with Crippen LogP contribution in [0.1, 0.15) is 12.5 Å². The first-order chi connectivity index (χ1) is 18.3. The largest absolute Gasteiger partial charge is 0.495 e. The molecule has 1 heterocycles. The molecule has 1 saturated heterocycles. The van der Waals surface area contributed by atoms with Gasteiger partial charge in [-0.2, -0.15) is 5.26 Å². The Kier molecular flexibility index (Phi) is 8.85. The molecule has 0 bridgehead atoms. The lowest BCUT2D eigenvalue weighted by Gasteiger charge is -2.19. The maximum Gasteiger partial charge on any atom is 0.269 e. The van der Waals surface area contributed by atoms with E-state index in [0.29, 0.717) is 45.9 Å². The molecule has 38 heavy (non-hydrogen) atoms. The Balaban J connectivity index is 1.74. The van der Waals surface area contributed by atoms with E-state index < -0.39 is 11.2 Å². The zero-order valence-corrected chi connectivity index (χ0v) is 22.9. The number of anilines is 2. The molecule has 3 aromatic carbocycles. The number of hydrogen-bond donors (Lipinski definition) is 1. The van der Waals surface area contributed by atoms with E-state index in [1.807, 2.05) is 13.0 Å². The van der Waals surface area contributed by atoms with Crippen LogP contribution in [0, 0.1) is 11.3 Å². The minimum atomic E-state index is -0.658. The third kappa shape index (κ3) is 6.08. The molecule has 1 aliphatic heterocycles. The lowest BCUT2D eigenvalue weighted by molar-refractivity contribution is -0.117. The Bertz CT molecular complexity index is 1420. The second-order valence-corrected chi connectivity index (χ2v) is 10.2. The van der Waals surface area contributed by atoms with Crippen LogP contribution in [0.15, 0.2) is 77.3 Å². The first-order valence-electron chi connectivity index (χ1n) is 11.6. The van der Waals surface area contributed by atoms with Crippen molar-refractivity contribution in [2.24, 2.45) is 0 Å². The number of halogens is 2. The van der Waals surface area contributed by atoms with E-state index in [1.54, 1.807) is 66.7 Å². The lowest BCUT2D eigenvalue weighted by Crippen LogP contribution is -2.31. The van der Waals surface area contributed by atoms with E-state index in [2.05, 4.69) is 5.32 Å². The van der Waals surface area contributed by atoms with Gasteiger partial charge in [0.05, 0.1) is 24.7 Å². The number of methoxy groups -OCH3 is 1. The number of rotatable bonds is 8. The number of thioether (sulfide) groups is 1. The minimum Gasteiger partial charge on any atom is -0.495 e. The predicted octanol–water partition coefficient (Wildman–Crippen LogP) is 6.47. The number of benzene rings is 3. The van der Waals surface area contributed by atoms with Crippen LogP contribution < -0.4 is 19.7 Å². The Morgan fingerprint density at radius 3 is 2.42 bits per heavy atom. The van der Waals surface area contributed by atoms with Crippen molar-refractivity contribution in [1.29, 1.82) is 5.26 Å². The first kappa shape index (κ1) is 27.4. The molecule has 0 saturated carbocycles. The maximum absolute atomic E-state index is 13.7. The highest BCUT2D eigenvalue weighted by Crippen LogP contribution is 2.43. The fourth-order valence-electron chi connectivity index (χ4n) is 3.96. The van der Waals surface area contributed by atoms with Crippen molar-refractivity contribution in [3.63, 3.8) is 0 Å². The van der Waals surface area contributed by atoms with Crippen molar-refractivity contribution in [3.05, 3.63) is 92.9 Å². The molecule has 1 fully saturated rings. The summed E-state index contributed by atoms with van der Waals surface area (Å²) in [6.45, 7) is 2.37. The molecule has 7 nitrogen and oxygen atoms in total. The molecular formula is C28H23Cl2N3O4S. The minimum absolute atomic E-state index is 0.199. The molecule has 4 rings (SSSR count). The number of para-hydroxylation sites is 2. The Hall–Kier alpha value is -3.64. The molecule has 2 amide bonds. The number of carbonyl (C=O) groups is 2. The van der Waals surface area contributed by atoms with Gasteiger partial charge in [0.2, 0.25) is 5.91 Å². The van der Waals surface area contributed by atoms with Crippen molar-refractivity contribution in [2.75, 3.05) is 23.9 Å². The van der Waals surface area contributed by atoms with Gasteiger partial charge < -0.3 is 14.8 Å². The van der Waals surface area contributed by atoms with Crippen LogP contribution in [-0.4, -0.2) is 30.8 Å². The zero-order valence-electron chi connectivity index (χ0n) is 20.5. The number of nitrogens with zero attached hydrogens (tertiary/aromatic N) is 2. The molecule has 0 spiro atoms. The summed E-state index contributed by atoms with van der Waals surface area (Å²) in [6.07, 6.45) is 0.299. The molecule has 10 heteroatoms. The maximum atomic E-state index is 13.7. The predicted molar refractivity (Wildman–Crippen MR) is 151 cm³/mol. The van der Waals surface area contributed by atoms with Crippen molar-refractivity contribution >= 4 is 58.2 Å². The summed E-state index contributed by atoms with van der Waals surface area (Å²) in [7, 11) is 1.49. The lowest BCUT2D eigenvalue weighted by atomic mass is 10.1. The molecule has 0 aliphatic carbocycles. The Morgan fingerprint density at radius 1 is 1.11 bits per heavy atom. The van der Waals surface area contributed by atoms with Gasteiger partial charge >= 0.3 is 0 Å². The summed E-state index contributed by atoms with van der Waals surface area (Å²) in [6, 6.07) is 20.9. The molecule has 194 valence electrons. The molecule has 0 aromatic heterocycles. The van der Waals surface area contributed by atoms with Gasteiger partial charge in [0, 0.05) is 15.7 Å². The van der Waals surface area contributed by atoms with Crippen LogP contribution in [0.25, 0.3) is 0 Å². The van der Waals surface area contributed by atoms with Gasteiger partial charge in [0.25, 0.3) is 5.91 Å². The fourth-order valence-corrected chi connectivity index (χ4v) is 5.84. The summed E-state index contributed by atoms with van der Waals surface area (Å²) in [5, 5.41) is 13.3. The number of carbonyl (C=O) groups excluding carboxylic acids is 2. The molecule has 3 aromatic rings. The van der Waals surface area contributed by atoms with E-state index in [9.17, 15) is 14.9 Å². The van der Waals surface area contributed by atoms with Crippen LogP contribution >= 0.6 is 35.0 Å². The third-order valence-electron chi connectivity index (χ3n) is 5.61. The average Bonchev–Trinajstić information content (AvgIpc) is 3.20. The van der Waals surface area contributed by atoms with Gasteiger partial charge in [-0.3, -0.25) is 14.5 Å². The fraction of sp³-hybridized carbons (Fsp3) is 0.179. The summed E-state index contributed by atoms with van der Waals surface area (Å²) >= 11 is 13.5. The molecular weight excluding hydrogens is 545 g/mol. The highest BCUT2D eigenvalue weighted by atomic mass is 35.5. The average molecular weight is 568 g/mol. The highest BCUT2D eigenvalue weighted by molar-refractivity contribution is 8.05. The summed E-state index contributed by atoms with van der Waals surface area (Å²) in [5.74, 6) is 0.149. The van der Waals surface area contributed by atoms with Crippen LogP contribution in [0.4, 0.5) is 11.4 Å². The van der Waals surface area contributed by atoms with Crippen LogP contribution in [0.2, 0.25) is 10.0 Å². The third-order valence-corrected chi connectivity index (χ3v) is 7.31. The summed E-state index contributed by atoms with van der Waals surface area (Å²) in [4.78, 5) is 28.4. The van der Waals surface area contributed by atoms with E-state index in [-0.39, 0.29) is 16.5 Å².